The van der Waals surface area contributed by atoms with E-state index >= 15 is 0 Å². The van der Waals surface area contributed by atoms with Crippen LogP contribution in [0.2, 0.25) is 0 Å². The van der Waals surface area contributed by atoms with E-state index in [1.165, 1.54) is 0 Å². The first-order valence-corrected chi connectivity index (χ1v) is 4.60. The largest absolute Gasteiger partial charge is 0.376 e. The molecule has 0 unspecified atom stereocenters. The number of hydrogen-bond donors (Lipinski definition) is 3. The Balaban J connectivity index is 2.36. The Labute approximate surface area is 86.6 Å². The number of nitrogens with one attached hydrogen (secondary N) is 2. The number of primary amides is 1. The molecule has 0 bridgehead atoms. The van der Waals surface area contributed by atoms with E-state index < -0.39 is 5.91 Å². The number of amides is 2. The minimum atomic E-state index is -0.464. The Hall–Kier alpha value is -2.04. The molecule has 0 saturated carbocycles. The van der Waals surface area contributed by atoms with Crippen LogP contribution in [0.3, 0.4) is 0 Å². The molecule has 0 fully saturated rings. The van der Waals surface area contributed by atoms with Crippen LogP contribution in [0, 0.1) is 0 Å². The molecule has 78 valence electrons. The van der Waals surface area contributed by atoms with Crippen LogP contribution in [0.5, 0.6) is 0 Å². The first-order chi connectivity index (χ1) is 7.16. The second-order valence-electron chi connectivity index (χ2n) is 3.37. The third-order valence-electron chi connectivity index (χ3n) is 2.31. The van der Waals surface area contributed by atoms with E-state index in [1.54, 1.807) is 18.2 Å². The third-order valence-corrected chi connectivity index (χ3v) is 2.31. The lowest BCUT2D eigenvalue weighted by Gasteiger charge is -2.07. The molecule has 2 rings (SSSR count). The fourth-order valence-corrected chi connectivity index (χ4v) is 1.50. The van der Waals surface area contributed by atoms with Crippen LogP contribution in [0.25, 0.3) is 0 Å². The molecule has 1 aromatic carbocycles. The standard InChI is InChI=1S/C10H11N3O2/c11-10(15)6-1-2-8-7(3-6)4-13-9(14)5-12-8/h1-3,12H,4-5H2,(H2,11,15)(H,13,14). The molecular formula is C10H11N3O2. The molecule has 5 heteroatoms. The third kappa shape index (κ3) is 1.90. The Morgan fingerprint density at radius 3 is 2.80 bits per heavy atom. The summed E-state index contributed by atoms with van der Waals surface area (Å²) < 4.78 is 0. The van der Waals surface area contributed by atoms with Crippen molar-refractivity contribution >= 4 is 17.5 Å². The number of carbonyl (C=O) groups is 2. The molecule has 0 atom stereocenters. The molecule has 0 aromatic heterocycles. The van der Waals surface area contributed by atoms with Crippen molar-refractivity contribution in [3.8, 4) is 0 Å². The van der Waals surface area contributed by atoms with E-state index in [1.807, 2.05) is 0 Å². The van der Waals surface area contributed by atoms with Crippen molar-refractivity contribution < 1.29 is 9.59 Å². The summed E-state index contributed by atoms with van der Waals surface area (Å²) >= 11 is 0. The van der Waals surface area contributed by atoms with Crippen molar-refractivity contribution in [1.82, 2.24) is 5.32 Å². The predicted molar refractivity (Wildman–Crippen MR) is 55.3 cm³/mol. The Morgan fingerprint density at radius 2 is 2.07 bits per heavy atom. The SMILES string of the molecule is NC(=O)c1ccc2c(c1)CNC(=O)CN2. The van der Waals surface area contributed by atoms with Gasteiger partial charge in [-0.1, -0.05) is 0 Å². The van der Waals surface area contributed by atoms with Crippen LogP contribution in [0.15, 0.2) is 18.2 Å². The zero-order valence-electron chi connectivity index (χ0n) is 8.04. The molecule has 5 nitrogen and oxygen atoms in total. The zero-order valence-corrected chi connectivity index (χ0v) is 8.04. The molecule has 0 aliphatic carbocycles. The maximum absolute atomic E-state index is 11.1. The second-order valence-corrected chi connectivity index (χ2v) is 3.37. The van der Waals surface area contributed by atoms with Crippen LogP contribution in [-0.4, -0.2) is 18.4 Å². The predicted octanol–water partition coefficient (Wildman–Crippen LogP) is -0.173. The van der Waals surface area contributed by atoms with Gasteiger partial charge in [-0.15, -0.1) is 0 Å². The number of nitrogens with two attached hydrogens (primary N) is 1. The maximum atomic E-state index is 11.1. The number of fused-ring (bicyclic) bond motifs is 1. The monoisotopic (exact) mass is 205 g/mol. The Kier molecular flexibility index (Phi) is 2.29. The summed E-state index contributed by atoms with van der Waals surface area (Å²) in [7, 11) is 0. The van der Waals surface area contributed by atoms with Crippen molar-refractivity contribution in [3.63, 3.8) is 0 Å². The summed E-state index contributed by atoms with van der Waals surface area (Å²) in [6.07, 6.45) is 0. The minimum Gasteiger partial charge on any atom is -0.376 e. The van der Waals surface area contributed by atoms with Gasteiger partial charge in [0, 0.05) is 17.8 Å². The molecule has 2 amide bonds. The van der Waals surface area contributed by atoms with Gasteiger partial charge in [0.1, 0.15) is 0 Å². The van der Waals surface area contributed by atoms with E-state index in [-0.39, 0.29) is 12.5 Å². The molecule has 4 N–H and O–H groups in total. The molecular weight excluding hydrogens is 194 g/mol. The number of hydrogen-bond acceptors (Lipinski definition) is 3. The summed E-state index contributed by atoms with van der Waals surface area (Å²) in [4.78, 5) is 22.1. The second kappa shape index (κ2) is 3.61. The molecule has 1 heterocycles. The Bertz CT molecular complexity index is 429. The van der Waals surface area contributed by atoms with Gasteiger partial charge < -0.3 is 16.4 Å². The van der Waals surface area contributed by atoms with Crippen molar-refractivity contribution in [3.05, 3.63) is 29.3 Å². The van der Waals surface area contributed by atoms with Crippen LogP contribution in [0.1, 0.15) is 15.9 Å². The molecule has 15 heavy (non-hydrogen) atoms. The number of anilines is 1. The van der Waals surface area contributed by atoms with E-state index in [2.05, 4.69) is 10.6 Å². The van der Waals surface area contributed by atoms with E-state index in [4.69, 9.17) is 5.73 Å². The molecule has 1 aliphatic rings. The van der Waals surface area contributed by atoms with E-state index in [0.29, 0.717) is 12.1 Å². The van der Waals surface area contributed by atoms with Crippen LogP contribution < -0.4 is 16.4 Å². The summed E-state index contributed by atoms with van der Waals surface area (Å²) in [5.41, 5.74) is 7.35. The lowest BCUT2D eigenvalue weighted by molar-refractivity contribution is -0.119. The number of rotatable bonds is 1. The fourth-order valence-electron chi connectivity index (χ4n) is 1.50. The molecule has 0 saturated heterocycles. The van der Waals surface area contributed by atoms with Gasteiger partial charge in [0.25, 0.3) is 0 Å². The summed E-state index contributed by atoms with van der Waals surface area (Å²) in [5.74, 6) is -0.528. The smallest absolute Gasteiger partial charge is 0.248 e. The fraction of sp³-hybridized carbons (Fsp3) is 0.200. The molecule has 1 aromatic rings. The van der Waals surface area contributed by atoms with Crippen LogP contribution in [0.4, 0.5) is 5.69 Å². The number of carbonyl (C=O) groups excluding carboxylic acids is 2. The van der Waals surface area contributed by atoms with E-state index in [9.17, 15) is 9.59 Å². The van der Waals surface area contributed by atoms with Crippen molar-refractivity contribution in [2.75, 3.05) is 11.9 Å². The highest BCUT2D eigenvalue weighted by Gasteiger charge is 2.12. The van der Waals surface area contributed by atoms with Gasteiger partial charge in [-0.05, 0) is 23.8 Å². The molecule has 0 spiro atoms. The highest BCUT2D eigenvalue weighted by atomic mass is 16.2. The van der Waals surface area contributed by atoms with E-state index in [0.717, 1.165) is 11.3 Å². The van der Waals surface area contributed by atoms with Gasteiger partial charge in [0.2, 0.25) is 11.8 Å². The molecule has 0 radical (unpaired) electrons. The maximum Gasteiger partial charge on any atom is 0.248 e. The highest BCUT2D eigenvalue weighted by molar-refractivity contribution is 5.94. The normalized spacial score (nSPS) is 14.5. The van der Waals surface area contributed by atoms with Gasteiger partial charge >= 0.3 is 0 Å². The average Bonchev–Trinajstić information content (AvgIpc) is 2.40. The minimum absolute atomic E-state index is 0.0631. The first-order valence-electron chi connectivity index (χ1n) is 4.60. The van der Waals surface area contributed by atoms with Crippen LogP contribution in [-0.2, 0) is 11.3 Å². The van der Waals surface area contributed by atoms with Gasteiger partial charge in [0.15, 0.2) is 0 Å². The summed E-state index contributed by atoms with van der Waals surface area (Å²) in [6, 6.07) is 5.09. The lowest BCUT2D eigenvalue weighted by atomic mass is 10.1. The van der Waals surface area contributed by atoms with Gasteiger partial charge in [0.05, 0.1) is 6.54 Å². The number of benzene rings is 1. The lowest BCUT2D eigenvalue weighted by Crippen LogP contribution is -2.25. The summed E-state index contributed by atoms with van der Waals surface area (Å²) in [5, 5.41) is 5.69. The molecule has 1 aliphatic heterocycles. The van der Waals surface area contributed by atoms with Crippen molar-refractivity contribution in [2.24, 2.45) is 5.73 Å². The topological polar surface area (TPSA) is 84.2 Å². The van der Waals surface area contributed by atoms with Gasteiger partial charge in [-0.3, -0.25) is 9.59 Å². The first kappa shape index (κ1) is 9.51. The van der Waals surface area contributed by atoms with Gasteiger partial charge in [-0.2, -0.15) is 0 Å². The highest BCUT2D eigenvalue weighted by Crippen LogP contribution is 2.18. The zero-order chi connectivity index (χ0) is 10.8. The van der Waals surface area contributed by atoms with Gasteiger partial charge in [-0.25, -0.2) is 0 Å². The Morgan fingerprint density at radius 1 is 1.27 bits per heavy atom. The quantitative estimate of drug-likeness (QED) is 0.595. The summed E-state index contributed by atoms with van der Waals surface area (Å²) in [6.45, 7) is 0.672. The average molecular weight is 205 g/mol. The van der Waals surface area contributed by atoms with Crippen molar-refractivity contribution in [1.29, 1.82) is 0 Å². The van der Waals surface area contributed by atoms with Crippen LogP contribution >= 0.6 is 0 Å². The van der Waals surface area contributed by atoms with Crippen molar-refractivity contribution in [2.45, 2.75) is 6.54 Å².